The first kappa shape index (κ1) is 14.8. The summed E-state index contributed by atoms with van der Waals surface area (Å²) in [4.78, 5) is 0. The number of phenolic OH excluding ortho intramolecular Hbond substituents is 1. The molecule has 3 aromatic rings. The lowest BCUT2D eigenvalue weighted by atomic mass is 10.2. The van der Waals surface area contributed by atoms with E-state index in [1.165, 1.54) is 16.2 Å². The second-order valence-electron chi connectivity index (χ2n) is 5.24. The molecule has 110 valence electrons. The number of aromatic hydroxyl groups is 1. The molecule has 0 saturated carbocycles. The van der Waals surface area contributed by atoms with Gasteiger partial charge >= 0.3 is 0 Å². The van der Waals surface area contributed by atoms with Crippen LogP contribution in [0.5, 0.6) is 5.75 Å². The van der Waals surface area contributed by atoms with Crippen molar-refractivity contribution in [3.63, 3.8) is 0 Å². The molecule has 0 fully saturated rings. The van der Waals surface area contributed by atoms with Crippen molar-refractivity contribution in [2.75, 3.05) is 6.16 Å². The smallest absolute Gasteiger partial charge is 0.115 e. The number of hydrogen-bond acceptors (Lipinski definition) is 1. The van der Waals surface area contributed by atoms with Crippen LogP contribution >= 0.6 is 7.92 Å². The van der Waals surface area contributed by atoms with E-state index in [-0.39, 0.29) is 7.92 Å². The summed E-state index contributed by atoms with van der Waals surface area (Å²) < 4.78 is 0. The van der Waals surface area contributed by atoms with Crippen molar-refractivity contribution >= 4 is 18.5 Å². The molecule has 1 nitrogen and oxygen atoms in total. The van der Waals surface area contributed by atoms with E-state index in [0.29, 0.717) is 5.75 Å². The lowest BCUT2D eigenvalue weighted by Gasteiger charge is -2.18. The summed E-state index contributed by atoms with van der Waals surface area (Å²) in [5.74, 6) is 0.331. The van der Waals surface area contributed by atoms with Gasteiger partial charge < -0.3 is 5.11 Å². The van der Waals surface area contributed by atoms with Gasteiger partial charge in [0.2, 0.25) is 0 Å². The molecule has 0 spiro atoms. The van der Waals surface area contributed by atoms with Crippen LogP contribution in [-0.2, 0) is 6.42 Å². The number of hydrogen-bond donors (Lipinski definition) is 1. The third-order valence-electron chi connectivity index (χ3n) is 3.70. The number of phenols is 1. The van der Waals surface area contributed by atoms with Crippen LogP contribution in [-0.4, -0.2) is 11.3 Å². The minimum atomic E-state index is -0.345. The molecule has 0 aliphatic rings. The predicted molar refractivity (Wildman–Crippen MR) is 95.7 cm³/mol. The molecule has 0 aliphatic carbocycles. The van der Waals surface area contributed by atoms with Crippen LogP contribution in [0, 0.1) is 0 Å². The quantitative estimate of drug-likeness (QED) is 0.705. The molecule has 0 radical (unpaired) electrons. The number of aryl methyl sites for hydroxylation is 1. The van der Waals surface area contributed by atoms with Gasteiger partial charge in [-0.1, -0.05) is 72.8 Å². The van der Waals surface area contributed by atoms with Crippen molar-refractivity contribution in [1.82, 2.24) is 0 Å². The van der Waals surface area contributed by atoms with Crippen LogP contribution in [0.2, 0.25) is 0 Å². The monoisotopic (exact) mass is 306 g/mol. The van der Waals surface area contributed by atoms with Gasteiger partial charge in [-0.3, -0.25) is 0 Å². The molecule has 2 heteroatoms. The van der Waals surface area contributed by atoms with Crippen molar-refractivity contribution in [2.45, 2.75) is 6.42 Å². The van der Waals surface area contributed by atoms with Crippen LogP contribution in [0.15, 0.2) is 84.9 Å². The Balaban J connectivity index is 1.81. The van der Waals surface area contributed by atoms with Crippen molar-refractivity contribution in [2.24, 2.45) is 0 Å². The van der Waals surface area contributed by atoms with E-state index < -0.39 is 0 Å². The molecule has 0 heterocycles. The summed E-state index contributed by atoms with van der Waals surface area (Å²) in [6, 6.07) is 29.1. The van der Waals surface area contributed by atoms with Crippen LogP contribution < -0.4 is 10.6 Å². The topological polar surface area (TPSA) is 20.2 Å². The molecule has 22 heavy (non-hydrogen) atoms. The first-order valence-electron chi connectivity index (χ1n) is 7.48. The normalized spacial score (nSPS) is 10.8. The van der Waals surface area contributed by atoms with Crippen molar-refractivity contribution in [3.8, 4) is 5.75 Å². The zero-order valence-electron chi connectivity index (χ0n) is 12.4. The molecular formula is C20H19OP. The van der Waals surface area contributed by atoms with Gasteiger partial charge in [-0.2, -0.15) is 0 Å². The van der Waals surface area contributed by atoms with Crippen LogP contribution in [0.4, 0.5) is 0 Å². The Hall–Kier alpha value is -2.11. The first-order chi connectivity index (χ1) is 10.8. The SMILES string of the molecule is Oc1ccc(CCP(c2ccccc2)c2ccccc2)cc1. The Bertz CT molecular complexity index is 653. The van der Waals surface area contributed by atoms with Crippen LogP contribution in [0.25, 0.3) is 0 Å². The van der Waals surface area contributed by atoms with Crippen molar-refractivity contribution < 1.29 is 5.11 Å². The lowest BCUT2D eigenvalue weighted by molar-refractivity contribution is 0.475. The zero-order chi connectivity index (χ0) is 15.2. The highest BCUT2D eigenvalue weighted by molar-refractivity contribution is 7.73. The molecule has 0 aliphatic heterocycles. The molecule has 3 aromatic carbocycles. The molecule has 0 amide bonds. The van der Waals surface area contributed by atoms with Gasteiger partial charge in [-0.25, -0.2) is 0 Å². The molecule has 0 atom stereocenters. The third-order valence-corrected chi connectivity index (χ3v) is 6.21. The molecular weight excluding hydrogens is 287 g/mol. The van der Waals surface area contributed by atoms with E-state index in [9.17, 15) is 5.11 Å². The van der Waals surface area contributed by atoms with Crippen molar-refractivity contribution in [1.29, 1.82) is 0 Å². The van der Waals surface area contributed by atoms with E-state index in [1.807, 2.05) is 12.1 Å². The van der Waals surface area contributed by atoms with Gasteiger partial charge in [0.05, 0.1) is 0 Å². The third kappa shape index (κ3) is 3.75. The summed E-state index contributed by atoms with van der Waals surface area (Å²) in [7, 11) is -0.345. The standard InChI is InChI=1S/C20H19OP/c21-18-13-11-17(12-14-18)15-16-22(19-7-3-1-4-8-19)20-9-5-2-6-10-20/h1-14,21H,15-16H2. The van der Waals surface area contributed by atoms with E-state index in [0.717, 1.165) is 12.6 Å². The van der Waals surface area contributed by atoms with Crippen LogP contribution in [0.3, 0.4) is 0 Å². The Morgan fingerprint density at radius 2 is 1.14 bits per heavy atom. The Morgan fingerprint density at radius 3 is 1.64 bits per heavy atom. The summed E-state index contributed by atoms with van der Waals surface area (Å²) in [6.07, 6.45) is 2.14. The van der Waals surface area contributed by atoms with E-state index in [2.05, 4.69) is 60.7 Å². The van der Waals surface area contributed by atoms with E-state index in [4.69, 9.17) is 0 Å². The average molecular weight is 306 g/mol. The lowest BCUT2D eigenvalue weighted by Crippen LogP contribution is -2.14. The first-order valence-corrected chi connectivity index (χ1v) is 9.01. The Kier molecular flexibility index (Phi) is 4.88. The highest BCUT2D eigenvalue weighted by atomic mass is 31.1. The van der Waals surface area contributed by atoms with E-state index >= 15 is 0 Å². The highest BCUT2D eigenvalue weighted by Crippen LogP contribution is 2.34. The largest absolute Gasteiger partial charge is 0.508 e. The average Bonchev–Trinajstić information content (AvgIpc) is 2.59. The minimum Gasteiger partial charge on any atom is -0.508 e. The van der Waals surface area contributed by atoms with Gasteiger partial charge in [0.15, 0.2) is 0 Å². The predicted octanol–water partition coefficient (Wildman–Crippen LogP) is 4.07. The van der Waals surface area contributed by atoms with Gasteiger partial charge in [-0.15, -0.1) is 0 Å². The fourth-order valence-corrected chi connectivity index (χ4v) is 4.89. The minimum absolute atomic E-state index is 0.331. The maximum Gasteiger partial charge on any atom is 0.115 e. The zero-order valence-corrected chi connectivity index (χ0v) is 13.3. The maximum absolute atomic E-state index is 9.39. The molecule has 1 N–H and O–H groups in total. The molecule has 0 aromatic heterocycles. The van der Waals surface area contributed by atoms with Gasteiger partial charge in [0.25, 0.3) is 0 Å². The number of benzene rings is 3. The summed E-state index contributed by atoms with van der Waals surface area (Å²) in [5, 5.41) is 12.2. The maximum atomic E-state index is 9.39. The number of rotatable bonds is 5. The summed E-state index contributed by atoms with van der Waals surface area (Å²) >= 11 is 0. The molecule has 0 saturated heterocycles. The van der Waals surface area contributed by atoms with Crippen molar-refractivity contribution in [3.05, 3.63) is 90.5 Å². The molecule has 0 bridgehead atoms. The molecule has 3 rings (SSSR count). The van der Waals surface area contributed by atoms with E-state index in [1.54, 1.807) is 12.1 Å². The fraction of sp³-hybridized carbons (Fsp3) is 0.100. The second kappa shape index (κ2) is 7.24. The highest BCUT2D eigenvalue weighted by Gasteiger charge is 2.13. The fourth-order valence-electron chi connectivity index (χ4n) is 2.53. The Morgan fingerprint density at radius 1 is 0.636 bits per heavy atom. The van der Waals surface area contributed by atoms with Gasteiger partial charge in [-0.05, 0) is 48.8 Å². The summed E-state index contributed by atoms with van der Waals surface area (Å²) in [6.45, 7) is 0. The summed E-state index contributed by atoms with van der Waals surface area (Å²) in [5.41, 5.74) is 1.28. The van der Waals surface area contributed by atoms with Crippen LogP contribution in [0.1, 0.15) is 5.56 Å². The Labute approximate surface area is 133 Å². The second-order valence-corrected chi connectivity index (χ2v) is 7.58. The van der Waals surface area contributed by atoms with Gasteiger partial charge in [0.1, 0.15) is 5.75 Å². The van der Waals surface area contributed by atoms with Gasteiger partial charge in [0, 0.05) is 0 Å². The molecule has 0 unspecified atom stereocenters.